The predicted molar refractivity (Wildman–Crippen MR) is 110 cm³/mol. The molecule has 2 aromatic carbocycles. The molecule has 28 heavy (non-hydrogen) atoms. The molecule has 1 N–H and O–H groups in total. The molecule has 6 nitrogen and oxygen atoms in total. The molecule has 0 aliphatic rings. The predicted octanol–water partition coefficient (Wildman–Crippen LogP) is 3.20. The summed E-state index contributed by atoms with van der Waals surface area (Å²) < 4.78 is 15.9. The lowest BCUT2D eigenvalue weighted by Crippen LogP contribution is -2.31. The number of nitrogens with zero attached hydrogens (tertiary/aromatic N) is 1. The molecule has 0 aliphatic carbocycles. The van der Waals surface area contributed by atoms with E-state index in [4.69, 9.17) is 13.9 Å². The molecule has 148 valence electrons. The maximum Gasteiger partial charge on any atom is 0.336 e. The van der Waals surface area contributed by atoms with Gasteiger partial charge in [-0.15, -0.1) is 0 Å². The summed E-state index contributed by atoms with van der Waals surface area (Å²) in [4.78, 5) is 14.1. The number of nitrogens with one attached hydrogen (secondary N) is 1. The molecule has 6 heteroatoms. The molecule has 0 aliphatic heterocycles. The highest BCUT2D eigenvalue weighted by atomic mass is 16.5. The summed E-state index contributed by atoms with van der Waals surface area (Å²) in [6.07, 6.45) is 0. The summed E-state index contributed by atoms with van der Waals surface area (Å²) in [5.41, 5.74) is 2.23. The van der Waals surface area contributed by atoms with Crippen molar-refractivity contribution in [2.75, 3.05) is 34.9 Å². The third-order valence-corrected chi connectivity index (χ3v) is 4.79. The number of methoxy groups -OCH3 is 2. The topological polar surface area (TPSA) is 63.9 Å². The SMILES string of the molecule is COc1cccc([C@H](CNCc2cc(=O)oc3cc(OC)ccc23)N(C)C)c1. The Balaban J connectivity index is 1.78. The molecule has 0 unspecified atom stereocenters. The minimum Gasteiger partial charge on any atom is -0.497 e. The van der Waals surface area contributed by atoms with E-state index in [9.17, 15) is 4.79 Å². The zero-order valence-corrected chi connectivity index (χ0v) is 16.7. The standard InChI is InChI=1S/C22H26N2O4/c1-24(2)20(15-6-5-7-17(10-15)26-3)14-23-13-16-11-22(25)28-21-12-18(27-4)8-9-19(16)21/h5-12,20,23H,13-14H2,1-4H3/t20-/m0/s1. The van der Waals surface area contributed by atoms with Crippen molar-refractivity contribution in [1.29, 1.82) is 0 Å². The summed E-state index contributed by atoms with van der Waals surface area (Å²) in [5, 5.41) is 4.37. The molecule has 0 bridgehead atoms. The molecule has 0 saturated heterocycles. The highest BCUT2D eigenvalue weighted by Gasteiger charge is 2.15. The fraction of sp³-hybridized carbons (Fsp3) is 0.318. The van der Waals surface area contributed by atoms with Gasteiger partial charge in [0.1, 0.15) is 17.1 Å². The average molecular weight is 382 g/mol. The lowest BCUT2D eigenvalue weighted by Gasteiger charge is -2.25. The van der Waals surface area contributed by atoms with Crippen LogP contribution in [0.1, 0.15) is 17.2 Å². The highest BCUT2D eigenvalue weighted by Crippen LogP contribution is 2.24. The zero-order valence-electron chi connectivity index (χ0n) is 16.7. The molecule has 0 fully saturated rings. The van der Waals surface area contributed by atoms with Crippen LogP contribution in [0.5, 0.6) is 11.5 Å². The van der Waals surface area contributed by atoms with E-state index in [1.165, 1.54) is 11.6 Å². The van der Waals surface area contributed by atoms with Crippen molar-refractivity contribution in [3.63, 3.8) is 0 Å². The summed E-state index contributed by atoms with van der Waals surface area (Å²) in [6, 6.07) is 15.3. The van der Waals surface area contributed by atoms with Gasteiger partial charge >= 0.3 is 5.63 Å². The molecule has 1 heterocycles. The molecule has 0 radical (unpaired) electrons. The van der Waals surface area contributed by atoms with Gasteiger partial charge < -0.3 is 24.1 Å². The van der Waals surface area contributed by atoms with E-state index in [0.29, 0.717) is 17.9 Å². The van der Waals surface area contributed by atoms with Gasteiger partial charge in [-0.05, 0) is 49.5 Å². The van der Waals surface area contributed by atoms with Gasteiger partial charge in [-0.3, -0.25) is 0 Å². The number of rotatable bonds is 8. The Morgan fingerprint density at radius 2 is 1.79 bits per heavy atom. The van der Waals surface area contributed by atoms with E-state index < -0.39 is 0 Å². The molecule has 3 aromatic rings. The average Bonchev–Trinajstić information content (AvgIpc) is 2.70. The molecular weight excluding hydrogens is 356 g/mol. The van der Waals surface area contributed by atoms with Gasteiger partial charge in [0.05, 0.1) is 14.2 Å². The highest BCUT2D eigenvalue weighted by molar-refractivity contribution is 5.81. The van der Waals surface area contributed by atoms with Crippen LogP contribution in [-0.2, 0) is 6.54 Å². The molecule has 3 rings (SSSR count). The first-order chi connectivity index (χ1) is 13.5. The monoisotopic (exact) mass is 382 g/mol. The fourth-order valence-corrected chi connectivity index (χ4v) is 3.27. The second kappa shape index (κ2) is 8.91. The van der Waals surface area contributed by atoms with Gasteiger partial charge in [-0.25, -0.2) is 4.79 Å². The van der Waals surface area contributed by atoms with Crippen molar-refractivity contribution in [3.05, 3.63) is 70.1 Å². The summed E-state index contributed by atoms with van der Waals surface area (Å²) in [5.74, 6) is 1.50. The van der Waals surface area contributed by atoms with Crippen LogP contribution in [0.15, 0.2) is 57.7 Å². The van der Waals surface area contributed by atoms with Crippen LogP contribution < -0.4 is 20.4 Å². The second-order valence-electron chi connectivity index (χ2n) is 6.84. The van der Waals surface area contributed by atoms with Gasteiger partial charge in [-0.2, -0.15) is 0 Å². The summed E-state index contributed by atoms with van der Waals surface area (Å²) >= 11 is 0. The molecule has 1 atom stereocenters. The van der Waals surface area contributed by atoms with Gasteiger partial charge in [0.2, 0.25) is 0 Å². The van der Waals surface area contributed by atoms with E-state index in [2.05, 4.69) is 16.3 Å². The first-order valence-electron chi connectivity index (χ1n) is 9.13. The number of hydrogen-bond acceptors (Lipinski definition) is 6. The van der Waals surface area contributed by atoms with E-state index in [1.807, 2.05) is 44.4 Å². The Morgan fingerprint density at radius 1 is 1.04 bits per heavy atom. The molecule has 0 amide bonds. The summed E-state index contributed by atoms with van der Waals surface area (Å²) in [7, 11) is 7.35. The quantitative estimate of drug-likeness (QED) is 0.604. The Morgan fingerprint density at radius 3 is 2.50 bits per heavy atom. The lowest BCUT2D eigenvalue weighted by molar-refractivity contribution is 0.287. The number of hydrogen-bond donors (Lipinski definition) is 1. The number of ether oxygens (including phenoxy) is 2. The van der Waals surface area contributed by atoms with Gasteiger partial charge in [0.25, 0.3) is 0 Å². The largest absolute Gasteiger partial charge is 0.497 e. The summed E-state index contributed by atoms with van der Waals surface area (Å²) in [6.45, 7) is 1.28. The minimum absolute atomic E-state index is 0.168. The zero-order chi connectivity index (χ0) is 20.1. The Labute approximate surface area is 164 Å². The van der Waals surface area contributed by atoms with Crippen molar-refractivity contribution in [3.8, 4) is 11.5 Å². The molecule has 0 saturated carbocycles. The van der Waals surface area contributed by atoms with Crippen LogP contribution in [0.4, 0.5) is 0 Å². The first kappa shape index (κ1) is 19.9. The van der Waals surface area contributed by atoms with Crippen LogP contribution in [0, 0.1) is 0 Å². The van der Waals surface area contributed by atoms with Crippen molar-refractivity contribution in [1.82, 2.24) is 10.2 Å². The van der Waals surface area contributed by atoms with Crippen LogP contribution in [0.25, 0.3) is 11.0 Å². The van der Waals surface area contributed by atoms with Crippen molar-refractivity contribution in [2.24, 2.45) is 0 Å². The smallest absolute Gasteiger partial charge is 0.336 e. The normalized spacial score (nSPS) is 12.3. The van der Waals surface area contributed by atoms with E-state index >= 15 is 0 Å². The molecule has 1 aromatic heterocycles. The van der Waals surface area contributed by atoms with E-state index in [1.54, 1.807) is 20.3 Å². The molecular formula is C22H26N2O4. The Bertz CT molecular complexity index is 997. The van der Waals surface area contributed by atoms with Crippen LogP contribution in [0.3, 0.4) is 0 Å². The maximum atomic E-state index is 11.9. The van der Waals surface area contributed by atoms with E-state index in [-0.39, 0.29) is 11.7 Å². The van der Waals surface area contributed by atoms with Crippen molar-refractivity contribution >= 4 is 11.0 Å². The third kappa shape index (κ3) is 4.52. The van der Waals surface area contributed by atoms with E-state index in [0.717, 1.165) is 23.2 Å². The Kier molecular flexibility index (Phi) is 6.34. The maximum absolute atomic E-state index is 11.9. The van der Waals surface area contributed by atoms with Crippen molar-refractivity contribution < 1.29 is 13.9 Å². The first-order valence-corrected chi connectivity index (χ1v) is 9.13. The van der Waals surface area contributed by atoms with Crippen LogP contribution in [-0.4, -0.2) is 39.8 Å². The fourth-order valence-electron chi connectivity index (χ4n) is 3.27. The lowest BCUT2D eigenvalue weighted by atomic mass is 10.0. The third-order valence-electron chi connectivity index (χ3n) is 4.79. The molecule has 0 spiro atoms. The van der Waals surface area contributed by atoms with Crippen molar-refractivity contribution in [2.45, 2.75) is 12.6 Å². The van der Waals surface area contributed by atoms with Gasteiger partial charge in [0, 0.05) is 36.7 Å². The Hall–Kier alpha value is -2.83. The number of likely N-dealkylation sites (N-methyl/N-ethyl adjacent to an activating group) is 1. The van der Waals surface area contributed by atoms with Gasteiger partial charge in [0.15, 0.2) is 0 Å². The number of fused-ring (bicyclic) bond motifs is 1. The van der Waals surface area contributed by atoms with Crippen LogP contribution >= 0.6 is 0 Å². The van der Waals surface area contributed by atoms with Gasteiger partial charge in [-0.1, -0.05) is 12.1 Å². The minimum atomic E-state index is -0.366. The van der Waals surface area contributed by atoms with Crippen LogP contribution in [0.2, 0.25) is 0 Å². The number of benzene rings is 2. The second-order valence-corrected chi connectivity index (χ2v) is 6.84.